The second kappa shape index (κ2) is 21.2. The van der Waals surface area contributed by atoms with Gasteiger partial charge < -0.3 is 45.8 Å². The molecular formula is C46H66N8O7. The Balaban J connectivity index is 1.74. The van der Waals surface area contributed by atoms with Crippen molar-refractivity contribution >= 4 is 45.6 Å². The Kier molecular flexibility index (Phi) is 16.4. The first-order valence-corrected chi connectivity index (χ1v) is 21.8. The first kappa shape index (κ1) is 47.1. The number of methoxy groups -OCH3 is 1. The van der Waals surface area contributed by atoms with Crippen LogP contribution in [0.25, 0.3) is 22.1 Å². The number of fused-ring (bicyclic) bond motifs is 8. The van der Waals surface area contributed by atoms with Gasteiger partial charge in [-0.15, -0.1) is 0 Å². The van der Waals surface area contributed by atoms with E-state index in [0.29, 0.717) is 69.7 Å². The Bertz CT molecular complexity index is 2240. The number of ether oxygens (including phenoxy) is 1. The minimum absolute atomic E-state index is 0.0180. The molecule has 2 aliphatic heterocycles. The summed E-state index contributed by atoms with van der Waals surface area (Å²) >= 11 is 0. The van der Waals surface area contributed by atoms with Gasteiger partial charge in [0.1, 0.15) is 0 Å². The van der Waals surface area contributed by atoms with Gasteiger partial charge in [-0.2, -0.15) is 0 Å². The number of rotatable bonds is 19. The highest BCUT2D eigenvalue weighted by Crippen LogP contribution is 2.43. The van der Waals surface area contributed by atoms with Crippen LogP contribution in [0, 0.1) is 13.8 Å². The van der Waals surface area contributed by atoms with Gasteiger partial charge in [-0.05, 0) is 76.0 Å². The van der Waals surface area contributed by atoms with Gasteiger partial charge in [0.05, 0.1) is 48.5 Å². The molecule has 15 nitrogen and oxygen atoms in total. The highest BCUT2D eigenvalue weighted by atomic mass is 16.5. The van der Waals surface area contributed by atoms with Crippen LogP contribution in [0.3, 0.4) is 0 Å². The Labute approximate surface area is 358 Å². The highest BCUT2D eigenvalue weighted by Gasteiger charge is 2.34. The lowest BCUT2D eigenvalue weighted by molar-refractivity contribution is -0.139. The van der Waals surface area contributed by atoms with E-state index in [2.05, 4.69) is 58.5 Å². The molecule has 5 heterocycles. The van der Waals surface area contributed by atoms with Crippen LogP contribution in [0.4, 0.5) is 0 Å². The summed E-state index contributed by atoms with van der Waals surface area (Å²) in [5.74, 6) is -1.82. The van der Waals surface area contributed by atoms with Crippen LogP contribution in [-0.2, 0) is 20.7 Å². The van der Waals surface area contributed by atoms with Crippen LogP contribution in [0.5, 0.6) is 0 Å². The quantitative estimate of drug-likeness (QED) is 0.0488. The third kappa shape index (κ3) is 10.7. The summed E-state index contributed by atoms with van der Waals surface area (Å²) in [6.45, 7) is 19.9. The van der Waals surface area contributed by atoms with Crippen LogP contribution >= 0.6 is 0 Å². The number of carbonyl (C=O) groups is 4. The molecule has 15 heteroatoms. The molecule has 2 aliphatic rings. The van der Waals surface area contributed by atoms with Gasteiger partial charge in [-0.25, -0.2) is 0 Å². The second-order valence-electron chi connectivity index (χ2n) is 16.4. The van der Waals surface area contributed by atoms with Crippen molar-refractivity contribution in [2.45, 2.75) is 111 Å². The largest absolute Gasteiger partial charge is 0.469 e. The number of carbonyl (C=O) groups excluding carboxylic acids is 4. The van der Waals surface area contributed by atoms with Crippen LogP contribution in [0.1, 0.15) is 145 Å². The molecule has 0 aliphatic carbocycles. The molecule has 61 heavy (non-hydrogen) atoms. The molecule has 0 saturated heterocycles. The summed E-state index contributed by atoms with van der Waals surface area (Å²) in [6.07, 6.45) is -0.0598. The SMILES string of the molecule is CC[C@H]1c2cc3[nH]c(c(CC(=O)OC)c4nc(cc5[nH]c(cc(n2)[C@@H]1C)c(C(C)=O)c5C)[C@@H](C)[C@@H]4CCC(=O)NCCNCCN(CC)CC)c(C(=O)NCC(O)CO)c3C. The first-order chi connectivity index (χ1) is 29.2. The van der Waals surface area contributed by atoms with Crippen molar-refractivity contribution in [3.63, 3.8) is 0 Å². The predicted octanol–water partition coefficient (Wildman–Crippen LogP) is 4.95. The van der Waals surface area contributed by atoms with Gasteiger partial charge in [0, 0.05) is 102 Å². The highest BCUT2D eigenvalue weighted by molar-refractivity contribution is 6.06. The fourth-order valence-corrected chi connectivity index (χ4v) is 8.78. The minimum atomic E-state index is -1.18. The van der Waals surface area contributed by atoms with E-state index in [0.717, 1.165) is 49.6 Å². The zero-order valence-corrected chi connectivity index (χ0v) is 37.4. The zero-order chi connectivity index (χ0) is 44.5. The Hall–Kier alpha value is -4.96. The number of ketones is 1. The molecule has 332 valence electrons. The van der Waals surface area contributed by atoms with Gasteiger partial charge in [-0.1, -0.05) is 34.6 Å². The van der Waals surface area contributed by atoms with E-state index in [1.54, 1.807) is 6.92 Å². The van der Waals surface area contributed by atoms with Crippen LogP contribution in [0.2, 0.25) is 0 Å². The number of likely N-dealkylation sites (N-methyl/N-ethyl adjacent to an activating group) is 1. The molecular weight excluding hydrogens is 777 g/mol. The molecule has 5 rings (SSSR count). The monoisotopic (exact) mass is 843 g/mol. The summed E-state index contributed by atoms with van der Waals surface area (Å²) < 4.78 is 5.23. The number of aromatic nitrogens is 4. The molecule has 5 atom stereocenters. The molecule has 3 aromatic heterocycles. The standard InChI is InChI=1S/C46H66N8O7/c1-10-31-25(4)34-22-39-42(29(8)56)27(6)36(51-39)20-35-26(5)32(13-14-40(58)48-16-15-47-17-18-54(11-2)12-3)44(52-35)33(19-41(59)61-9)45-43(46(60)49-23-30(57)24-55)28(7)37(53-45)21-38(31)50-34/h20-22,25-26,30-32,47,51,53,55,57H,10-19,23-24H2,1-9H3,(H,48,58)(H,49,60)/t25-,26+,30?,31-,32+/m1/s1. The smallest absolute Gasteiger partial charge is 0.310 e. The molecule has 0 aromatic carbocycles. The predicted molar refractivity (Wildman–Crippen MR) is 237 cm³/mol. The molecule has 8 bridgehead atoms. The van der Waals surface area contributed by atoms with Crippen LogP contribution < -0.4 is 16.0 Å². The number of hydrogen-bond donors (Lipinski definition) is 7. The van der Waals surface area contributed by atoms with E-state index < -0.39 is 24.6 Å². The number of nitrogens with one attached hydrogen (secondary N) is 5. The van der Waals surface area contributed by atoms with E-state index in [4.69, 9.17) is 14.7 Å². The second-order valence-corrected chi connectivity index (χ2v) is 16.4. The number of hydrogen-bond acceptors (Lipinski definition) is 11. The number of H-pyrrole nitrogens is 2. The lowest BCUT2D eigenvalue weighted by Gasteiger charge is -2.19. The molecule has 2 amide bonds. The zero-order valence-electron chi connectivity index (χ0n) is 37.4. The molecule has 1 unspecified atom stereocenters. The van der Waals surface area contributed by atoms with E-state index in [-0.39, 0.29) is 60.3 Å². The van der Waals surface area contributed by atoms with Crippen molar-refractivity contribution < 1.29 is 34.1 Å². The number of amides is 2. The summed E-state index contributed by atoms with van der Waals surface area (Å²) in [4.78, 5) is 73.9. The minimum Gasteiger partial charge on any atom is -0.469 e. The Morgan fingerprint density at radius 2 is 1.49 bits per heavy atom. The van der Waals surface area contributed by atoms with Crippen molar-refractivity contribution in [3.05, 3.63) is 68.8 Å². The average Bonchev–Trinajstić information content (AvgIpc) is 3.93. The van der Waals surface area contributed by atoms with E-state index in [1.807, 2.05) is 39.0 Å². The number of aliphatic hydroxyl groups is 2. The third-order valence-electron chi connectivity index (χ3n) is 12.6. The number of nitrogens with zero attached hydrogens (tertiary/aromatic N) is 3. The maximum absolute atomic E-state index is 14.2. The van der Waals surface area contributed by atoms with Crippen LogP contribution in [0.15, 0.2) is 18.2 Å². The summed E-state index contributed by atoms with van der Waals surface area (Å²) in [5, 5.41) is 28.9. The maximum atomic E-state index is 14.2. The van der Waals surface area contributed by atoms with Crippen molar-refractivity contribution in [1.82, 2.24) is 40.8 Å². The number of aliphatic hydroxyl groups excluding tert-OH is 2. The first-order valence-electron chi connectivity index (χ1n) is 21.8. The van der Waals surface area contributed by atoms with Crippen molar-refractivity contribution in [2.24, 2.45) is 0 Å². The fourth-order valence-electron chi connectivity index (χ4n) is 8.78. The average molecular weight is 843 g/mol. The number of aryl methyl sites for hydroxylation is 2. The van der Waals surface area contributed by atoms with Crippen LogP contribution in [-0.4, -0.2) is 124 Å². The summed E-state index contributed by atoms with van der Waals surface area (Å²) in [6, 6.07) is 5.83. The number of esters is 1. The molecule has 0 spiro atoms. The molecule has 3 aromatic rings. The Morgan fingerprint density at radius 3 is 2.15 bits per heavy atom. The van der Waals surface area contributed by atoms with E-state index in [1.165, 1.54) is 7.11 Å². The van der Waals surface area contributed by atoms with Crippen molar-refractivity contribution in [3.8, 4) is 0 Å². The Morgan fingerprint density at radius 1 is 0.852 bits per heavy atom. The maximum Gasteiger partial charge on any atom is 0.310 e. The van der Waals surface area contributed by atoms with Crippen molar-refractivity contribution in [2.75, 3.05) is 59.5 Å². The molecule has 0 saturated carbocycles. The fraction of sp³-hybridized carbons (Fsp3) is 0.565. The van der Waals surface area contributed by atoms with Gasteiger partial charge in [-0.3, -0.25) is 29.1 Å². The van der Waals surface area contributed by atoms with Gasteiger partial charge in [0.25, 0.3) is 5.91 Å². The number of Topliss-reactive ketones (excluding diaryl/α,β-unsaturated/α-hetero) is 1. The number of aromatic amines is 2. The topological polar surface area (TPSA) is 215 Å². The summed E-state index contributed by atoms with van der Waals surface area (Å²) in [5.41, 5.74) is 7.81. The lowest BCUT2D eigenvalue weighted by Crippen LogP contribution is -2.36. The van der Waals surface area contributed by atoms with E-state index >= 15 is 0 Å². The van der Waals surface area contributed by atoms with Crippen molar-refractivity contribution in [1.29, 1.82) is 0 Å². The molecule has 0 radical (unpaired) electrons. The third-order valence-corrected chi connectivity index (χ3v) is 12.6. The molecule has 7 N–H and O–H groups in total. The van der Waals surface area contributed by atoms with Gasteiger partial charge in [0.2, 0.25) is 5.91 Å². The van der Waals surface area contributed by atoms with Gasteiger partial charge >= 0.3 is 5.97 Å². The molecule has 0 fully saturated rings. The lowest BCUT2D eigenvalue weighted by atomic mass is 9.85. The van der Waals surface area contributed by atoms with E-state index in [9.17, 15) is 29.4 Å². The summed E-state index contributed by atoms with van der Waals surface area (Å²) in [7, 11) is 1.31. The normalized spacial score (nSPS) is 18.0. The van der Waals surface area contributed by atoms with Gasteiger partial charge in [0.15, 0.2) is 5.78 Å².